The molecular formula is C30H26O5Si. The van der Waals surface area contributed by atoms with Crippen LogP contribution in [0.1, 0.15) is 0 Å². The summed E-state index contributed by atoms with van der Waals surface area (Å²) >= 11 is 0. The number of phenolic OH excluding ortho intramolecular Hbond substituents is 1. The Bertz CT molecular complexity index is 1100. The standard InChI is InChI=1S/C24H20O4Si.C6H6O/c1-5-13-21(14-6-1)25-29(26-22-15-7-2-8-16-22,27-23-17-9-3-10-18-23)28-24-19-11-4-12-20-24;7-6-4-2-1-3-5-6/h1-20H;1-5,7H. The largest absolute Gasteiger partial charge is 0.966 e. The number of phenols is 1. The van der Waals surface area contributed by atoms with E-state index in [0.29, 0.717) is 28.7 Å². The normalized spacial score (nSPS) is 10.3. The van der Waals surface area contributed by atoms with E-state index in [1.165, 1.54) is 0 Å². The Hall–Kier alpha value is -4.68. The van der Waals surface area contributed by atoms with Gasteiger partial charge in [-0.3, -0.25) is 0 Å². The molecule has 0 saturated heterocycles. The molecule has 5 rings (SSSR count). The first-order chi connectivity index (χ1) is 17.7. The predicted molar refractivity (Wildman–Crippen MR) is 142 cm³/mol. The lowest BCUT2D eigenvalue weighted by Gasteiger charge is -2.28. The fraction of sp³-hybridized carbons (Fsp3) is 0. The van der Waals surface area contributed by atoms with Gasteiger partial charge in [-0.05, 0) is 60.7 Å². The van der Waals surface area contributed by atoms with Crippen molar-refractivity contribution in [3.8, 4) is 28.7 Å². The molecule has 36 heavy (non-hydrogen) atoms. The minimum absolute atomic E-state index is 0.322. The maximum atomic E-state index is 8.63. The van der Waals surface area contributed by atoms with E-state index < -0.39 is 9.05 Å². The van der Waals surface area contributed by atoms with Crippen molar-refractivity contribution in [3.05, 3.63) is 152 Å². The van der Waals surface area contributed by atoms with Crippen LogP contribution in [0, 0.1) is 0 Å². The van der Waals surface area contributed by atoms with Gasteiger partial charge in [0.1, 0.15) is 28.7 Å². The predicted octanol–water partition coefficient (Wildman–Crippen LogP) is 7.13. The van der Waals surface area contributed by atoms with E-state index in [2.05, 4.69) is 0 Å². The van der Waals surface area contributed by atoms with Gasteiger partial charge in [-0.15, -0.1) is 0 Å². The highest BCUT2D eigenvalue weighted by Crippen LogP contribution is 2.26. The van der Waals surface area contributed by atoms with Gasteiger partial charge in [0.2, 0.25) is 0 Å². The van der Waals surface area contributed by atoms with Gasteiger partial charge in [0.25, 0.3) is 0 Å². The molecule has 5 nitrogen and oxygen atoms in total. The lowest BCUT2D eigenvalue weighted by atomic mass is 10.3. The molecule has 0 fully saturated rings. The monoisotopic (exact) mass is 494 g/mol. The zero-order chi connectivity index (χ0) is 24.9. The molecular weight excluding hydrogens is 468 g/mol. The molecule has 1 N–H and O–H groups in total. The Morgan fingerprint density at radius 1 is 0.333 bits per heavy atom. The first-order valence-corrected chi connectivity index (χ1v) is 13.0. The van der Waals surface area contributed by atoms with Crippen molar-refractivity contribution in [2.45, 2.75) is 0 Å². The second-order valence-electron chi connectivity index (χ2n) is 7.50. The molecule has 0 bridgehead atoms. The van der Waals surface area contributed by atoms with E-state index in [4.69, 9.17) is 22.8 Å². The van der Waals surface area contributed by atoms with E-state index >= 15 is 0 Å². The zero-order valence-corrected chi connectivity index (χ0v) is 20.5. The second-order valence-corrected chi connectivity index (χ2v) is 9.31. The summed E-state index contributed by atoms with van der Waals surface area (Å²) in [5.74, 6) is 2.72. The molecule has 0 spiro atoms. The Balaban J connectivity index is 0.000000375. The molecule has 5 aromatic rings. The molecule has 5 aromatic carbocycles. The summed E-state index contributed by atoms with van der Waals surface area (Å²) in [5, 5.41) is 8.63. The summed E-state index contributed by atoms with van der Waals surface area (Å²) in [4.78, 5) is 0. The topological polar surface area (TPSA) is 57.2 Å². The second kappa shape index (κ2) is 12.7. The van der Waals surface area contributed by atoms with Crippen LogP contribution in [0.5, 0.6) is 28.7 Å². The zero-order valence-electron chi connectivity index (χ0n) is 19.5. The smallest absolute Gasteiger partial charge is 0.508 e. The van der Waals surface area contributed by atoms with Crippen LogP contribution in [0.4, 0.5) is 0 Å². The van der Waals surface area contributed by atoms with E-state index in [1.807, 2.05) is 127 Å². The summed E-state index contributed by atoms with van der Waals surface area (Å²) in [6, 6.07) is 46.3. The van der Waals surface area contributed by atoms with Crippen LogP contribution in [-0.2, 0) is 0 Å². The molecule has 180 valence electrons. The first-order valence-electron chi connectivity index (χ1n) is 11.4. The average Bonchev–Trinajstić information content (AvgIpc) is 2.92. The summed E-state index contributed by atoms with van der Waals surface area (Å²) in [6.07, 6.45) is 0. The Morgan fingerprint density at radius 3 is 0.750 bits per heavy atom. The molecule has 0 radical (unpaired) electrons. The van der Waals surface area contributed by atoms with Gasteiger partial charge >= 0.3 is 9.05 Å². The van der Waals surface area contributed by atoms with E-state index in [9.17, 15) is 0 Å². The SMILES string of the molecule is Oc1ccccc1.c1ccc(O[Si](Oc2ccccc2)(Oc2ccccc2)Oc2ccccc2)cc1. The molecule has 0 aromatic heterocycles. The molecule has 0 aliphatic heterocycles. The maximum absolute atomic E-state index is 8.63. The van der Waals surface area contributed by atoms with E-state index in [1.54, 1.807) is 24.3 Å². The summed E-state index contributed by atoms with van der Waals surface area (Å²) in [5.41, 5.74) is 0. The molecule has 0 atom stereocenters. The van der Waals surface area contributed by atoms with Crippen LogP contribution in [-0.4, -0.2) is 14.2 Å². The summed E-state index contributed by atoms with van der Waals surface area (Å²) in [6.45, 7) is 0. The molecule has 0 heterocycles. The highest BCUT2D eigenvalue weighted by atomic mass is 28.4. The minimum atomic E-state index is -3.76. The first kappa shape index (κ1) is 24.4. The maximum Gasteiger partial charge on any atom is 0.966 e. The Labute approximate surface area is 212 Å². The molecule has 0 aliphatic rings. The fourth-order valence-corrected chi connectivity index (χ4v) is 5.03. The Kier molecular flexibility index (Phi) is 8.61. The van der Waals surface area contributed by atoms with Gasteiger partial charge in [0, 0.05) is 0 Å². The van der Waals surface area contributed by atoms with Crippen LogP contribution in [0.2, 0.25) is 0 Å². The van der Waals surface area contributed by atoms with Crippen molar-refractivity contribution < 1.29 is 22.8 Å². The van der Waals surface area contributed by atoms with Crippen molar-refractivity contribution in [1.29, 1.82) is 0 Å². The van der Waals surface area contributed by atoms with Gasteiger partial charge < -0.3 is 22.8 Å². The number of benzene rings is 5. The molecule has 0 aliphatic carbocycles. The highest BCUT2D eigenvalue weighted by molar-refractivity contribution is 6.57. The minimum Gasteiger partial charge on any atom is -0.508 e. The van der Waals surface area contributed by atoms with Crippen molar-refractivity contribution in [1.82, 2.24) is 0 Å². The van der Waals surface area contributed by atoms with Crippen LogP contribution in [0.15, 0.2) is 152 Å². The number of hydrogen-bond acceptors (Lipinski definition) is 5. The van der Waals surface area contributed by atoms with Crippen molar-refractivity contribution >= 4 is 9.05 Å². The van der Waals surface area contributed by atoms with Gasteiger partial charge in [-0.25, -0.2) is 0 Å². The molecule has 0 unspecified atom stereocenters. The number of aromatic hydroxyl groups is 1. The summed E-state index contributed by atoms with van der Waals surface area (Å²) in [7, 11) is -3.76. The van der Waals surface area contributed by atoms with Crippen molar-refractivity contribution in [3.63, 3.8) is 0 Å². The van der Waals surface area contributed by atoms with Gasteiger partial charge in [0.15, 0.2) is 0 Å². The van der Waals surface area contributed by atoms with Crippen LogP contribution in [0.3, 0.4) is 0 Å². The molecule has 0 saturated carbocycles. The quantitative estimate of drug-likeness (QED) is 0.233. The summed E-state index contributed by atoms with van der Waals surface area (Å²) < 4.78 is 25.1. The van der Waals surface area contributed by atoms with Crippen LogP contribution < -0.4 is 17.7 Å². The van der Waals surface area contributed by atoms with E-state index in [-0.39, 0.29) is 0 Å². The number of rotatable bonds is 8. The van der Waals surface area contributed by atoms with Crippen LogP contribution >= 0.6 is 0 Å². The van der Waals surface area contributed by atoms with E-state index in [0.717, 1.165) is 0 Å². The fourth-order valence-electron chi connectivity index (χ4n) is 3.08. The van der Waals surface area contributed by atoms with Gasteiger partial charge in [-0.2, -0.15) is 0 Å². The third-order valence-electron chi connectivity index (χ3n) is 4.70. The third kappa shape index (κ3) is 7.68. The lowest BCUT2D eigenvalue weighted by molar-refractivity contribution is 0.161. The molecule has 6 heteroatoms. The Morgan fingerprint density at radius 2 is 0.556 bits per heavy atom. The lowest BCUT2D eigenvalue weighted by Crippen LogP contribution is -2.60. The van der Waals surface area contributed by atoms with Crippen LogP contribution in [0.25, 0.3) is 0 Å². The molecule has 0 amide bonds. The third-order valence-corrected chi connectivity index (χ3v) is 6.64. The average molecular weight is 495 g/mol. The number of hydrogen-bond donors (Lipinski definition) is 1. The number of para-hydroxylation sites is 5. The van der Waals surface area contributed by atoms with Crippen molar-refractivity contribution in [2.75, 3.05) is 0 Å². The van der Waals surface area contributed by atoms with Crippen molar-refractivity contribution in [2.24, 2.45) is 0 Å². The van der Waals surface area contributed by atoms with Gasteiger partial charge in [-0.1, -0.05) is 91.0 Å². The van der Waals surface area contributed by atoms with Gasteiger partial charge in [0.05, 0.1) is 0 Å². The highest BCUT2D eigenvalue weighted by Gasteiger charge is 2.58.